The molecule has 0 radical (unpaired) electrons. The fourth-order valence-electron chi connectivity index (χ4n) is 1.63. The first-order valence-electron chi connectivity index (χ1n) is 5.78. The highest BCUT2D eigenvalue weighted by atomic mass is 16.6. The molecule has 22 heavy (non-hydrogen) atoms. The Morgan fingerprint density at radius 2 is 1.82 bits per heavy atom. The molecule has 0 saturated carbocycles. The van der Waals surface area contributed by atoms with Crippen molar-refractivity contribution in [2.24, 2.45) is 5.92 Å². The maximum absolute atomic E-state index is 12.2. The van der Waals surface area contributed by atoms with Crippen LogP contribution in [0.3, 0.4) is 0 Å². The maximum Gasteiger partial charge on any atom is 0.287 e. The molecule has 1 aromatic rings. The summed E-state index contributed by atoms with van der Waals surface area (Å²) in [7, 11) is 2.65. The number of carbonyl (C=O) groups excluding carboxylic acids is 2. The number of nitriles is 1. The van der Waals surface area contributed by atoms with Crippen molar-refractivity contribution >= 4 is 23.1 Å². The minimum Gasteiger partial charge on any atom is -0.347 e. The Labute approximate surface area is 123 Å². The van der Waals surface area contributed by atoms with Crippen molar-refractivity contribution in [3.63, 3.8) is 0 Å². The molecule has 0 saturated heterocycles. The van der Waals surface area contributed by atoms with Crippen LogP contribution in [0.2, 0.25) is 0 Å². The van der Waals surface area contributed by atoms with E-state index in [2.05, 4.69) is 0 Å². The van der Waals surface area contributed by atoms with Gasteiger partial charge in [0, 0.05) is 20.2 Å². The molecule has 0 aromatic heterocycles. The van der Waals surface area contributed by atoms with Crippen LogP contribution in [0.25, 0.3) is 0 Å². The van der Waals surface area contributed by atoms with Gasteiger partial charge in [-0.25, -0.2) is 0 Å². The average Bonchev–Trinajstić information content (AvgIpc) is 2.46. The number of nitrogens with zero attached hydrogens (tertiary/aromatic N) is 4. The number of hydrogen-bond acceptors (Lipinski definition) is 7. The van der Waals surface area contributed by atoms with E-state index in [1.165, 1.54) is 20.2 Å². The van der Waals surface area contributed by atoms with E-state index in [1.54, 1.807) is 0 Å². The first-order valence-corrected chi connectivity index (χ1v) is 5.78. The zero-order valence-electron chi connectivity index (χ0n) is 11.5. The zero-order chi connectivity index (χ0) is 17.0. The maximum atomic E-state index is 12.2. The smallest absolute Gasteiger partial charge is 0.287 e. The van der Waals surface area contributed by atoms with Gasteiger partial charge in [0.05, 0.1) is 27.5 Å². The molecule has 0 heterocycles. The van der Waals surface area contributed by atoms with Gasteiger partial charge in [0.2, 0.25) is 5.91 Å². The summed E-state index contributed by atoms with van der Waals surface area (Å²) in [6, 6.07) is 3.87. The van der Waals surface area contributed by atoms with E-state index < -0.39 is 44.4 Å². The lowest BCUT2D eigenvalue weighted by atomic mass is 9.96. The standard InChI is InChI=1S/C12H10N4O6/c1-14(2)12(18)9(6-13)11(17)8-4-3-7(15(19)20)5-10(8)16(21)22/h3-5,9H,1-2H3. The van der Waals surface area contributed by atoms with Gasteiger partial charge in [-0.1, -0.05) is 0 Å². The van der Waals surface area contributed by atoms with Gasteiger partial charge in [-0.3, -0.25) is 29.8 Å². The average molecular weight is 306 g/mol. The number of rotatable bonds is 5. The highest BCUT2D eigenvalue weighted by Gasteiger charge is 2.34. The number of nitro groups is 2. The molecule has 0 aliphatic heterocycles. The van der Waals surface area contributed by atoms with E-state index in [0.717, 1.165) is 17.0 Å². The van der Waals surface area contributed by atoms with Gasteiger partial charge < -0.3 is 4.90 Å². The van der Waals surface area contributed by atoms with Gasteiger partial charge in [0.15, 0.2) is 11.7 Å². The van der Waals surface area contributed by atoms with Crippen LogP contribution in [-0.4, -0.2) is 40.5 Å². The number of carbonyl (C=O) groups is 2. The first kappa shape index (κ1) is 16.7. The third kappa shape index (κ3) is 3.21. The minimum atomic E-state index is -1.75. The molecule has 10 heteroatoms. The molecular formula is C12H10N4O6. The van der Waals surface area contributed by atoms with Crippen LogP contribution in [0, 0.1) is 37.5 Å². The second kappa shape index (κ2) is 6.40. The van der Waals surface area contributed by atoms with Crippen LogP contribution in [0.5, 0.6) is 0 Å². The largest absolute Gasteiger partial charge is 0.347 e. The Kier molecular flexibility index (Phi) is 4.86. The van der Waals surface area contributed by atoms with E-state index in [1.807, 2.05) is 0 Å². The quantitative estimate of drug-likeness (QED) is 0.340. The SMILES string of the molecule is CN(C)C(=O)C(C#N)C(=O)c1ccc([N+](=O)[O-])cc1[N+](=O)[O-]. The normalized spacial score (nSPS) is 11.1. The molecule has 1 rings (SSSR count). The number of Topliss-reactive ketones (excluding diaryl/α,β-unsaturated/α-hetero) is 1. The predicted octanol–water partition coefficient (Wildman–Crippen LogP) is 0.914. The van der Waals surface area contributed by atoms with Crippen molar-refractivity contribution < 1.29 is 19.4 Å². The van der Waals surface area contributed by atoms with Crippen LogP contribution < -0.4 is 0 Å². The van der Waals surface area contributed by atoms with Crippen LogP contribution in [0.15, 0.2) is 18.2 Å². The van der Waals surface area contributed by atoms with Gasteiger partial charge >= 0.3 is 0 Å². The van der Waals surface area contributed by atoms with E-state index in [0.29, 0.717) is 6.07 Å². The van der Waals surface area contributed by atoms with Gasteiger partial charge in [-0.05, 0) is 6.07 Å². The Morgan fingerprint density at radius 3 is 2.23 bits per heavy atom. The highest BCUT2D eigenvalue weighted by molar-refractivity contribution is 6.13. The summed E-state index contributed by atoms with van der Waals surface area (Å²) in [5.41, 5.74) is -1.93. The molecule has 0 bridgehead atoms. The van der Waals surface area contributed by atoms with E-state index in [-0.39, 0.29) is 0 Å². The molecule has 10 nitrogen and oxygen atoms in total. The number of non-ortho nitro benzene ring substituents is 1. The number of amides is 1. The summed E-state index contributed by atoms with van der Waals surface area (Å²) < 4.78 is 0. The van der Waals surface area contributed by atoms with Crippen LogP contribution in [0.1, 0.15) is 10.4 Å². The molecule has 0 aliphatic carbocycles. The molecule has 0 fully saturated rings. The van der Waals surface area contributed by atoms with Crippen molar-refractivity contribution in [1.29, 1.82) is 5.26 Å². The van der Waals surface area contributed by atoms with Gasteiger partial charge in [0.25, 0.3) is 11.4 Å². The van der Waals surface area contributed by atoms with Crippen molar-refractivity contribution in [1.82, 2.24) is 4.90 Å². The lowest BCUT2D eigenvalue weighted by Crippen LogP contribution is -2.34. The Balaban J connectivity index is 3.39. The fraction of sp³-hybridized carbons (Fsp3) is 0.250. The summed E-state index contributed by atoms with van der Waals surface area (Å²) in [4.78, 5) is 44.7. The second-order valence-corrected chi connectivity index (χ2v) is 4.37. The number of hydrogen-bond donors (Lipinski definition) is 0. The lowest BCUT2D eigenvalue weighted by Gasteiger charge is -2.13. The van der Waals surface area contributed by atoms with Gasteiger partial charge in [-0.2, -0.15) is 5.26 Å². The van der Waals surface area contributed by atoms with Gasteiger partial charge in [0.1, 0.15) is 0 Å². The molecule has 114 valence electrons. The third-order valence-electron chi connectivity index (χ3n) is 2.73. The molecule has 1 atom stereocenters. The number of nitro benzene ring substituents is 2. The van der Waals surface area contributed by atoms with Crippen molar-refractivity contribution in [2.75, 3.05) is 14.1 Å². The molecule has 0 aliphatic rings. The van der Waals surface area contributed by atoms with Crippen LogP contribution in [-0.2, 0) is 4.79 Å². The molecule has 0 N–H and O–H groups in total. The van der Waals surface area contributed by atoms with Crippen molar-refractivity contribution in [3.05, 3.63) is 44.0 Å². The Morgan fingerprint density at radius 1 is 1.23 bits per heavy atom. The second-order valence-electron chi connectivity index (χ2n) is 4.37. The predicted molar refractivity (Wildman–Crippen MR) is 71.9 cm³/mol. The third-order valence-corrected chi connectivity index (χ3v) is 2.73. The van der Waals surface area contributed by atoms with Crippen LogP contribution in [0.4, 0.5) is 11.4 Å². The van der Waals surface area contributed by atoms with E-state index in [4.69, 9.17) is 5.26 Å². The molecule has 1 aromatic carbocycles. The molecule has 1 unspecified atom stereocenters. The fourth-order valence-corrected chi connectivity index (χ4v) is 1.63. The monoisotopic (exact) mass is 306 g/mol. The van der Waals surface area contributed by atoms with E-state index >= 15 is 0 Å². The topological polar surface area (TPSA) is 147 Å². The minimum absolute atomic E-state index is 0.530. The summed E-state index contributed by atoms with van der Waals surface area (Å²) in [6.45, 7) is 0. The zero-order valence-corrected chi connectivity index (χ0v) is 11.5. The Bertz CT molecular complexity index is 706. The summed E-state index contributed by atoms with van der Waals surface area (Å²) in [5, 5.41) is 30.6. The van der Waals surface area contributed by atoms with Gasteiger partial charge in [-0.15, -0.1) is 0 Å². The summed E-state index contributed by atoms with van der Waals surface area (Å²) in [6.07, 6.45) is 0. The Hall–Kier alpha value is -3.35. The first-order chi connectivity index (χ1) is 10.2. The number of ketones is 1. The van der Waals surface area contributed by atoms with Crippen molar-refractivity contribution in [2.45, 2.75) is 0 Å². The summed E-state index contributed by atoms with van der Waals surface area (Å²) in [5.74, 6) is -3.67. The highest BCUT2D eigenvalue weighted by Crippen LogP contribution is 2.27. The lowest BCUT2D eigenvalue weighted by molar-refractivity contribution is -0.394. The molecular weight excluding hydrogens is 296 g/mol. The van der Waals surface area contributed by atoms with E-state index in [9.17, 15) is 29.8 Å². The number of benzene rings is 1. The molecule has 1 amide bonds. The van der Waals surface area contributed by atoms with Crippen molar-refractivity contribution in [3.8, 4) is 6.07 Å². The molecule has 0 spiro atoms. The van der Waals surface area contributed by atoms with Crippen LogP contribution >= 0.6 is 0 Å². The summed E-state index contributed by atoms with van der Waals surface area (Å²) >= 11 is 0.